The summed E-state index contributed by atoms with van der Waals surface area (Å²) in [5.74, 6) is 0. The normalized spacial score (nSPS) is 11.2. The Balaban J connectivity index is 1.91. The lowest BCUT2D eigenvalue weighted by atomic mass is 10.3. The smallest absolute Gasteiger partial charge is 0.0701 e. The van der Waals surface area contributed by atoms with Gasteiger partial charge in [-0.2, -0.15) is 5.10 Å². The highest BCUT2D eigenvalue weighted by Gasteiger charge is 2.05. The Bertz CT molecular complexity index is 421. The Morgan fingerprint density at radius 2 is 2.25 bits per heavy atom. The van der Waals surface area contributed by atoms with Crippen LogP contribution in [0.15, 0.2) is 28.3 Å². The number of nitrogens with zero attached hydrogens (tertiary/aromatic N) is 3. The lowest BCUT2D eigenvalue weighted by molar-refractivity contribution is 0.322. The lowest BCUT2D eigenvalue weighted by Gasteiger charge is -2.13. The van der Waals surface area contributed by atoms with Crippen molar-refractivity contribution in [3.05, 3.63) is 38.8 Å². The van der Waals surface area contributed by atoms with E-state index in [0.717, 1.165) is 13.1 Å². The first kappa shape index (κ1) is 11.8. The van der Waals surface area contributed by atoms with Gasteiger partial charge >= 0.3 is 0 Å². The Hall–Kier alpha value is -0.650. The van der Waals surface area contributed by atoms with Crippen LogP contribution < -0.4 is 0 Å². The molecular formula is C11H14BrN3S. The van der Waals surface area contributed by atoms with Gasteiger partial charge in [0.1, 0.15) is 0 Å². The van der Waals surface area contributed by atoms with Gasteiger partial charge < -0.3 is 0 Å². The maximum Gasteiger partial charge on any atom is 0.0701 e. The van der Waals surface area contributed by atoms with E-state index in [1.807, 2.05) is 17.9 Å². The highest BCUT2D eigenvalue weighted by atomic mass is 79.9. The molecule has 2 heterocycles. The quantitative estimate of drug-likeness (QED) is 0.866. The van der Waals surface area contributed by atoms with Crippen molar-refractivity contribution in [3.63, 3.8) is 0 Å². The van der Waals surface area contributed by atoms with E-state index in [9.17, 15) is 0 Å². The zero-order chi connectivity index (χ0) is 11.5. The minimum atomic E-state index is 0.934. The second kappa shape index (κ2) is 5.12. The summed E-state index contributed by atoms with van der Waals surface area (Å²) >= 11 is 5.26. The fraction of sp³-hybridized carbons (Fsp3) is 0.364. The van der Waals surface area contributed by atoms with Crippen LogP contribution in [-0.4, -0.2) is 21.7 Å². The summed E-state index contributed by atoms with van der Waals surface area (Å²) < 4.78 is 3.03. The number of halogens is 1. The van der Waals surface area contributed by atoms with Gasteiger partial charge in [-0.05, 0) is 35.1 Å². The Kier molecular flexibility index (Phi) is 3.78. The van der Waals surface area contributed by atoms with Crippen LogP contribution in [0.5, 0.6) is 0 Å². The summed E-state index contributed by atoms with van der Waals surface area (Å²) in [6.45, 7) is 1.91. The van der Waals surface area contributed by atoms with Gasteiger partial charge in [0.25, 0.3) is 0 Å². The summed E-state index contributed by atoms with van der Waals surface area (Å²) in [7, 11) is 4.07. The fourth-order valence-corrected chi connectivity index (χ4v) is 3.19. The minimum Gasteiger partial charge on any atom is -0.297 e. The van der Waals surface area contributed by atoms with Crippen LogP contribution in [0.2, 0.25) is 0 Å². The molecular weight excluding hydrogens is 286 g/mol. The molecule has 0 aromatic carbocycles. The summed E-state index contributed by atoms with van der Waals surface area (Å²) in [6, 6.07) is 4.26. The van der Waals surface area contributed by atoms with Gasteiger partial charge in [0, 0.05) is 36.8 Å². The van der Waals surface area contributed by atoms with Crippen molar-refractivity contribution in [2.45, 2.75) is 13.1 Å². The molecule has 0 amide bonds. The van der Waals surface area contributed by atoms with Crippen molar-refractivity contribution in [1.82, 2.24) is 14.7 Å². The molecule has 0 aliphatic carbocycles. The van der Waals surface area contributed by atoms with Crippen LogP contribution in [0.3, 0.4) is 0 Å². The number of rotatable bonds is 4. The first-order valence-electron chi connectivity index (χ1n) is 5.04. The van der Waals surface area contributed by atoms with Gasteiger partial charge in [0.2, 0.25) is 0 Å². The summed E-state index contributed by atoms with van der Waals surface area (Å²) in [5, 5.41) is 4.17. The molecule has 0 aliphatic rings. The lowest BCUT2D eigenvalue weighted by Crippen LogP contribution is -2.16. The third-order valence-electron chi connectivity index (χ3n) is 2.27. The SMILES string of the molecule is CN(Cc1cnn(C)c1)Cc1ccc(Br)s1. The van der Waals surface area contributed by atoms with Gasteiger partial charge in [-0.1, -0.05) is 0 Å². The average molecular weight is 300 g/mol. The molecule has 0 spiro atoms. The van der Waals surface area contributed by atoms with Crippen molar-refractivity contribution < 1.29 is 0 Å². The van der Waals surface area contributed by atoms with E-state index >= 15 is 0 Å². The number of thiophene rings is 1. The molecule has 5 heteroatoms. The molecule has 0 aliphatic heterocycles. The molecule has 86 valence electrons. The van der Waals surface area contributed by atoms with Crippen LogP contribution in [0.4, 0.5) is 0 Å². The standard InChI is InChI=1S/C11H14BrN3S/c1-14(6-9-5-13-15(2)7-9)8-10-3-4-11(12)16-10/h3-5,7H,6,8H2,1-2H3. The zero-order valence-electron chi connectivity index (χ0n) is 9.35. The van der Waals surface area contributed by atoms with Crippen molar-refractivity contribution in [3.8, 4) is 0 Å². The number of aromatic nitrogens is 2. The van der Waals surface area contributed by atoms with E-state index < -0.39 is 0 Å². The van der Waals surface area contributed by atoms with Crippen LogP contribution in [0, 0.1) is 0 Å². The Morgan fingerprint density at radius 1 is 1.44 bits per heavy atom. The monoisotopic (exact) mass is 299 g/mol. The van der Waals surface area contributed by atoms with Gasteiger partial charge in [-0.15, -0.1) is 11.3 Å². The topological polar surface area (TPSA) is 21.1 Å². The third-order valence-corrected chi connectivity index (χ3v) is 3.87. The number of hydrogen-bond donors (Lipinski definition) is 0. The van der Waals surface area contributed by atoms with E-state index in [1.165, 1.54) is 14.2 Å². The number of hydrogen-bond acceptors (Lipinski definition) is 3. The Labute approximate surface area is 108 Å². The van der Waals surface area contributed by atoms with Crippen molar-refractivity contribution >= 4 is 27.3 Å². The summed E-state index contributed by atoms with van der Waals surface area (Å²) in [4.78, 5) is 3.66. The van der Waals surface area contributed by atoms with Crippen molar-refractivity contribution in [1.29, 1.82) is 0 Å². The zero-order valence-corrected chi connectivity index (χ0v) is 11.8. The molecule has 0 atom stereocenters. The van der Waals surface area contributed by atoms with Gasteiger partial charge in [0.15, 0.2) is 0 Å². The molecule has 16 heavy (non-hydrogen) atoms. The highest BCUT2D eigenvalue weighted by molar-refractivity contribution is 9.11. The Morgan fingerprint density at radius 3 is 2.81 bits per heavy atom. The molecule has 0 saturated carbocycles. The van der Waals surface area contributed by atoms with Crippen LogP contribution >= 0.6 is 27.3 Å². The average Bonchev–Trinajstić information content (AvgIpc) is 2.76. The summed E-state index contributed by atoms with van der Waals surface area (Å²) in [6.07, 6.45) is 3.97. The van der Waals surface area contributed by atoms with E-state index in [1.54, 1.807) is 11.3 Å². The molecule has 2 aromatic rings. The maximum absolute atomic E-state index is 4.17. The molecule has 0 fully saturated rings. The second-order valence-corrected chi connectivity index (χ2v) is 6.45. The van der Waals surface area contributed by atoms with Gasteiger partial charge in [-0.25, -0.2) is 0 Å². The molecule has 0 unspecified atom stereocenters. The van der Waals surface area contributed by atoms with Gasteiger partial charge in [-0.3, -0.25) is 9.58 Å². The molecule has 0 radical (unpaired) electrons. The maximum atomic E-state index is 4.17. The van der Waals surface area contributed by atoms with E-state index in [2.05, 4.69) is 51.3 Å². The van der Waals surface area contributed by atoms with Crippen molar-refractivity contribution in [2.75, 3.05) is 7.05 Å². The highest BCUT2D eigenvalue weighted by Crippen LogP contribution is 2.23. The van der Waals surface area contributed by atoms with Crippen LogP contribution in [0.1, 0.15) is 10.4 Å². The fourth-order valence-electron chi connectivity index (χ4n) is 1.62. The molecule has 3 nitrogen and oxygen atoms in total. The molecule has 0 saturated heterocycles. The third kappa shape index (κ3) is 3.17. The van der Waals surface area contributed by atoms with Crippen LogP contribution in [-0.2, 0) is 20.1 Å². The van der Waals surface area contributed by atoms with Gasteiger partial charge in [0.05, 0.1) is 9.98 Å². The van der Waals surface area contributed by atoms with E-state index in [0.29, 0.717) is 0 Å². The first-order valence-corrected chi connectivity index (χ1v) is 6.65. The minimum absolute atomic E-state index is 0.934. The molecule has 0 bridgehead atoms. The molecule has 2 aromatic heterocycles. The molecule has 2 rings (SSSR count). The summed E-state index contributed by atoms with van der Waals surface area (Å²) in [5.41, 5.74) is 1.25. The predicted molar refractivity (Wildman–Crippen MR) is 70.4 cm³/mol. The largest absolute Gasteiger partial charge is 0.297 e. The predicted octanol–water partition coefficient (Wildman–Crippen LogP) is 2.88. The number of aryl methyl sites for hydroxylation is 1. The van der Waals surface area contributed by atoms with E-state index in [4.69, 9.17) is 0 Å². The van der Waals surface area contributed by atoms with E-state index in [-0.39, 0.29) is 0 Å². The second-order valence-electron chi connectivity index (χ2n) is 3.90. The first-order chi connectivity index (χ1) is 7.63. The molecule has 0 N–H and O–H groups in total. The van der Waals surface area contributed by atoms with Crippen molar-refractivity contribution in [2.24, 2.45) is 7.05 Å². The van der Waals surface area contributed by atoms with Crippen LogP contribution in [0.25, 0.3) is 0 Å².